The van der Waals surface area contributed by atoms with Crippen LogP contribution in [0.5, 0.6) is 0 Å². The van der Waals surface area contributed by atoms with Gasteiger partial charge in [-0.2, -0.15) is 5.10 Å². The highest BCUT2D eigenvalue weighted by molar-refractivity contribution is 5.94. The number of hydrogen-bond donors (Lipinski definition) is 1. The number of hydrogen-bond acceptors (Lipinski definition) is 4. The van der Waals surface area contributed by atoms with Gasteiger partial charge in [0.1, 0.15) is 0 Å². The van der Waals surface area contributed by atoms with E-state index < -0.39 is 0 Å². The second-order valence-corrected chi connectivity index (χ2v) is 6.71. The highest BCUT2D eigenvalue weighted by atomic mass is 16.1. The average molecular weight is 340 g/mol. The summed E-state index contributed by atoms with van der Waals surface area (Å²) < 4.78 is 1.32. The molecule has 0 atom stereocenters. The Morgan fingerprint density at radius 3 is 2.52 bits per heavy atom. The van der Waals surface area contributed by atoms with Crippen LogP contribution in [-0.2, 0) is 7.05 Å². The molecule has 3 rings (SSSR count). The molecule has 2 heterocycles. The zero-order valence-electron chi connectivity index (χ0n) is 15.0. The summed E-state index contributed by atoms with van der Waals surface area (Å²) in [6, 6.07) is 7.56. The minimum Gasteiger partial charge on any atom is -0.370 e. The normalized spacial score (nSPS) is 15.2. The molecule has 6 nitrogen and oxygen atoms in total. The van der Waals surface area contributed by atoms with Crippen molar-refractivity contribution in [1.29, 1.82) is 0 Å². The molecule has 1 fully saturated rings. The van der Waals surface area contributed by atoms with Crippen LogP contribution in [0.15, 0.2) is 35.3 Å². The van der Waals surface area contributed by atoms with E-state index in [1.807, 2.05) is 32.0 Å². The number of anilines is 1. The van der Waals surface area contributed by atoms with Crippen molar-refractivity contribution in [3.05, 3.63) is 57.5 Å². The molecule has 0 radical (unpaired) electrons. The van der Waals surface area contributed by atoms with Gasteiger partial charge in [0, 0.05) is 37.8 Å². The second kappa shape index (κ2) is 7.09. The molecule has 1 aliphatic heterocycles. The van der Waals surface area contributed by atoms with Crippen LogP contribution in [0.3, 0.4) is 0 Å². The number of benzene rings is 1. The molecule has 0 unspecified atom stereocenters. The number of nitrogens with zero attached hydrogens (tertiary/aromatic N) is 3. The average Bonchev–Trinajstić information content (AvgIpc) is 2.60. The number of piperidine rings is 1. The number of rotatable bonds is 3. The summed E-state index contributed by atoms with van der Waals surface area (Å²) in [6.45, 7) is 5.65. The van der Waals surface area contributed by atoms with Crippen LogP contribution in [0.1, 0.15) is 34.3 Å². The maximum absolute atomic E-state index is 12.4. The van der Waals surface area contributed by atoms with Crippen LogP contribution >= 0.6 is 0 Å². The number of aromatic nitrogens is 2. The number of carbonyl (C=O) groups is 1. The Hall–Kier alpha value is -2.63. The summed E-state index contributed by atoms with van der Waals surface area (Å²) in [6.07, 6.45) is 3.42. The van der Waals surface area contributed by atoms with Gasteiger partial charge in [0.15, 0.2) is 0 Å². The summed E-state index contributed by atoms with van der Waals surface area (Å²) >= 11 is 0. The monoisotopic (exact) mass is 340 g/mol. The predicted molar refractivity (Wildman–Crippen MR) is 98.1 cm³/mol. The molecule has 25 heavy (non-hydrogen) atoms. The van der Waals surface area contributed by atoms with Crippen LogP contribution in [-0.4, -0.2) is 34.8 Å². The molecule has 6 heteroatoms. The van der Waals surface area contributed by atoms with Crippen molar-refractivity contribution in [1.82, 2.24) is 15.1 Å². The lowest BCUT2D eigenvalue weighted by atomic mass is 10.0. The van der Waals surface area contributed by atoms with E-state index in [0.29, 0.717) is 5.56 Å². The van der Waals surface area contributed by atoms with Crippen molar-refractivity contribution in [2.45, 2.75) is 32.7 Å². The second-order valence-electron chi connectivity index (χ2n) is 6.71. The summed E-state index contributed by atoms with van der Waals surface area (Å²) in [7, 11) is 1.64. The van der Waals surface area contributed by atoms with E-state index in [1.165, 1.54) is 10.2 Å². The van der Waals surface area contributed by atoms with Gasteiger partial charge in [0.25, 0.3) is 11.5 Å². The lowest BCUT2D eigenvalue weighted by Crippen LogP contribution is -2.45. The molecule has 0 aliphatic carbocycles. The first-order valence-electron chi connectivity index (χ1n) is 8.60. The van der Waals surface area contributed by atoms with E-state index in [0.717, 1.165) is 37.2 Å². The first kappa shape index (κ1) is 17.2. The van der Waals surface area contributed by atoms with Gasteiger partial charge in [-0.25, -0.2) is 4.68 Å². The van der Waals surface area contributed by atoms with Crippen molar-refractivity contribution in [2.24, 2.45) is 7.05 Å². The minimum atomic E-state index is -0.109. The molecule has 0 spiro atoms. The lowest BCUT2D eigenvalue weighted by Gasteiger charge is -2.33. The first-order valence-corrected chi connectivity index (χ1v) is 8.60. The maximum Gasteiger partial charge on any atom is 0.268 e. The zero-order chi connectivity index (χ0) is 18.0. The van der Waals surface area contributed by atoms with Crippen LogP contribution < -0.4 is 15.8 Å². The van der Waals surface area contributed by atoms with Crippen molar-refractivity contribution in [3.8, 4) is 0 Å². The van der Waals surface area contributed by atoms with Gasteiger partial charge < -0.3 is 10.2 Å². The van der Waals surface area contributed by atoms with E-state index in [1.54, 1.807) is 19.3 Å². The fourth-order valence-corrected chi connectivity index (χ4v) is 3.07. The smallest absolute Gasteiger partial charge is 0.268 e. The Kier molecular flexibility index (Phi) is 4.88. The Labute approximate surface area is 147 Å². The molecule has 1 amide bonds. The van der Waals surface area contributed by atoms with Gasteiger partial charge in [-0.05, 0) is 49.9 Å². The van der Waals surface area contributed by atoms with Gasteiger partial charge in [-0.15, -0.1) is 0 Å². The number of amides is 1. The number of nitrogens with one attached hydrogen (secondary N) is 1. The summed E-state index contributed by atoms with van der Waals surface area (Å²) in [5.41, 5.74) is 3.76. The fourth-order valence-electron chi connectivity index (χ4n) is 3.07. The highest BCUT2D eigenvalue weighted by Crippen LogP contribution is 2.18. The summed E-state index contributed by atoms with van der Waals surface area (Å²) in [5, 5.41) is 7.20. The van der Waals surface area contributed by atoms with Crippen LogP contribution in [0, 0.1) is 13.8 Å². The van der Waals surface area contributed by atoms with E-state index >= 15 is 0 Å². The largest absolute Gasteiger partial charge is 0.370 e. The van der Waals surface area contributed by atoms with Gasteiger partial charge in [-0.3, -0.25) is 9.59 Å². The summed E-state index contributed by atoms with van der Waals surface area (Å²) in [4.78, 5) is 26.3. The standard InChI is InChI=1S/C19H24N4O2/c1-13-4-5-15(10-14(13)2)19(25)21-16-6-8-23(9-7-16)17-11-18(24)22(3)20-12-17/h4-5,10-12,16H,6-9H2,1-3H3,(H,21,25). The molecule has 0 saturated carbocycles. The molecule has 1 aromatic carbocycles. The van der Waals surface area contributed by atoms with Crippen molar-refractivity contribution in [2.75, 3.05) is 18.0 Å². The van der Waals surface area contributed by atoms with Gasteiger partial charge in [0.2, 0.25) is 0 Å². The van der Waals surface area contributed by atoms with E-state index in [-0.39, 0.29) is 17.5 Å². The van der Waals surface area contributed by atoms with Gasteiger partial charge >= 0.3 is 0 Å². The Morgan fingerprint density at radius 1 is 1.16 bits per heavy atom. The SMILES string of the molecule is Cc1ccc(C(=O)NC2CCN(c3cnn(C)c(=O)c3)CC2)cc1C. The zero-order valence-corrected chi connectivity index (χ0v) is 15.0. The first-order chi connectivity index (χ1) is 11.9. The fraction of sp³-hybridized carbons (Fsp3) is 0.421. The van der Waals surface area contributed by atoms with E-state index in [4.69, 9.17) is 0 Å². The van der Waals surface area contributed by atoms with Crippen molar-refractivity contribution in [3.63, 3.8) is 0 Å². The van der Waals surface area contributed by atoms with Crippen molar-refractivity contribution >= 4 is 11.6 Å². The van der Waals surface area contributed by atoms with E-state index in [9.17, 15) is 9.59 Å². The molecule has 0 bridgehead atoms. The highest BCUT2D eigenvalue weighted by Gasteiger charge is 2.22. The van der Waals surface area contributed by atoms with Crippen molar-refractivity contribution < 1.29 is 4.79 Å². The molecule has 1 N–H and O–H groups in total. The van der Waals surface area contributed by atoms with Gasteiger partial charge in [-0.1, -0.05) is 6.07 Å². The van der Waals surface area contributed by atoms with Gasteiger partial charge in [0.05, 0.1) is 11.9 Å². The van der Waals surface area contributed by atoms with Crippen LogP contribution in [0.25, 0.3) is 0 Å². The molecule has 2 aromatic rings. The third kappa shape index (κ3) is 3.90. The molecule has 1 aromatic heterocycles. The predicted octanol–water partition coefficient (Wildman–Crippen LogP) is 1.80. The Balaban J connectivity index is 1.58. The third-order valence-electron chi connectivity index (χ3n) is 4.92. The van der Waals surface area contributed by atoms with Crippen LogP contribution in [0.4, 0.5) is 5.69 Å². The molecule has 132 valence electrons. The molecular formula is C19H24N4O2. The minimum absolute atomic E-state index is 0.0169. The number of carbonyl (C=O) groups excluding carboxylic acids is 1. The third-order valence-corrected chi connectivity index (χ3v) is 4.92. The quantitative estimate of drug-likeness (QED) is 0.925. The van der Waals surface area contributed by atoms with Crippen LogP contribution in [0.2, 0.25) is 0 Å². The Morgan fingerprint density at radius 2 is 1.88 bits per heavy atom. The summed E-state index contributed by atoms with van der Waals surface area (Å²) in [5.74, 6) is -0.0169. The molecular weight excluding hydrogens is 316 g/mol. The lowest BCUT2D eigenvalue weighted by molar-refractivity contribution is 0.0931. The molecule has 1 saturated heterocycles. The maximum atomic E-state index is 12.4. The van der Waals surface area contributed by atoms with E-state index in [2.05, 4.69) is 15.3 Å². The molecule has 1 aliphatic rings. The Bertz CT molecular complexity index is 836. The topological polar surface area (TPSA) is 67.2 Å². The number of aryl methyl sites for hydroxylation is 3.